The summed E-state index contributed by atoms with van der Waals surface area (Å²) in [6.45, 7) is 23.3. The zero-order chi connectivity index (χ0) is 39.4. The van der Waals surface area contributed by atoms with Gasteiger partial charge in [0.2, 0.25) is 10.0 Å². The highest BCUT2D eigenvalue weighted by atomic mass is 32.3. The Kier molecular flexibility index (Phi) is 9.98. The number of rotatable bonds is 9. The van der Waals surface area contributed by atoms with Crippen molar-refractivity contribution in [3.63, 3.8) is 0 Å². The minimum Gasteiger partial charge on any atom is -0.310 e. The van der Waals surface area contributed by atoms with Gasteiger partial charge in [0.1, 0.15) is 0 Å². The summed E-state index contributed by atoms with van der Waals surface area (Å²) >= 11 is 0. The van der Waals surface area contributed by atoms with Gasteiger partial charge in [-0.15, -0.1) is 0 Å². The Bertz CT molecular complexity index is 1830. The van der Waals surface area contributed by atoms with Gasteiger partial charge in [-0.05, 0) is 152 Å². The van der Waals surface area contributed by atoms with Crippen LogP contribution in [0.3, 0.4) is 0 Å². The molecular weight excluding hydrogens is 727 g/mol. The summed E-state index contributed by atoms with van der Waals surface area (Å²) < 4.78 is 47.4. The average molecular weight is 796 g/mol. The molecule has 4 N–H and O–H groups in total. The summed E-state index contributed by atoms with van der Waals surface area (Å²) in [5, 5.41) is 3.81. The lowest BCUT2D eigenvalue weighted by molar-refractivity contribution is -0.219. The summed E-state index contributed by atoms with van der Waals surface area (Å²) in [5.41, 5.74) is 5.07. The van der Waals surface area contributed by atoms with Gasteiger partial charge in [0.15, 0.2) is 0 Å². The van der Waals surface area contributed by atoms with Crippen molar-refractivity contribution in [2.45, 2.75) is 123 Å². The van der Waals surface area contributed by atoms with Gasteiger partial charge < -0.3 is 5.32 Å². The molecule has 0 aromatic heterocycles. The fourth-order valence-corrected chi connectivity index (χ4v) is 17.1. The second-order valence-corrected chi connectivity index (χ2v) is 25.0. The quantitative estimate of drug-likeness (QED) is 0.184. The lowest BCUT2D eigenvalue weighted by Crippen LogP contribution is -2.68. The van der Waals surface area contributed by atoms with Crippen LogP contribution in [0, 0.1) is 51.2 Å². The van der Waals surface area contributed by atoms with Crippen LogP contribution in [0.25, 0.3) is 5.57 Å². The second kappa shape index (κ2) is 13.7. The summed E-state index contributed by atoms with van der Waals surface area (Å²) in [6.07, 6.45) is 14.9. The van der Waals surface area contributed by atoms with Gasteiger partial charge in [-0.1, -0.05) is 65.0 Å². The highest BCUT2D eigenvalue weighted by molar-refractivity contribution is 8.24. The summed E-state index contributed by atoms with van der Waals surface area (Å²) in [4.78, 5) is 15.3. The maximum absolute atomic E-state index is 12.9. The molecule has 0 radical (unpaired) electrons. The zero-order valence-electron chi connectivity index (χ0n) is 34.5. The molecule has 9 atom stereocenters. The van der Waals surface area contributed by atoms with Crippen molar-refractivity contribution in [1.29, 1.82) is 0 Å². The first-order chi connectivity index (χ1) is 25.8. The fraction of sp³-hybridized carbons (Fsp3) is 0.756. The smallest absolute Gasteiger partial charge is 0.264 e. The molecular formula is C45H69N3O5S2. The van der Waals surface area contributed by atoms with Crippen LogP contribution in [0.1, 0.15) is 128 Å². The Balaban J connectivity index is 1.01. The highest BCUT2D eigenvalue weighted by Crippen LogP contribution is 2.76. The monoisotopic (exact) mass is 795 g/mol. The van der Waals surface area contributed by atoms with E-state index in [0.29, 0.717) is 59.5 Å². The van der Waals surface area contributed by atoms with E-state index in [1.807, 2.05) is 12.1 Å². The van der Waals surface area contributed by atoms with E-state index in [1.165, 1.54) is 62.5 Å². The number of hydrogen-bond acceptors (Lipinski definition) is 7. The Morgan fingerprint density at radius 3 is 2.24 bits per heavy atom. The van der Waals surface area contributed by atoms with Crippen LogP contribution in [0.4, 0.5) is 0 Å². The number of sulfonamides is 1. The van der Waals surface area contributed by atoms with Crippen LogP contribution in [0.2, 0.25) is 0 Å². The van der Waals surface area contributed by atoms with Gasteiger partial charge in [-0.2, -0.15) is 10.6 Å². The fourth-order valence-electron chi connectivity index (χ4n) is 14.5. The van der Waals surface area contributed by atoms with Gasteiger partial charge in [0.25, 0.3) is 5.91 Å². The van der Waals surface area contributed by atoms with Crippen molar-refractivity contribution in [1.82, 2.24) is 14.9 Å². The first kappa shape index (κ1) is 40.1. The molecule has 6 fully saturated rings. The predicted octanol–water partition coefficient (Wildman–Crippen LogP) is 8.97. The number of hydrogen-bond donors (Lipinski definition) is 4. The molecule has 306 valence electrons. The third-order valence-corrected chi connectivity index (χ3v) is 21.2. The van der Waals surface area contributed by atoms with Crippen molar-refractivity contribution in [3.8, 4) is 0 Å². The van der Waals surface area contributed by atoms with Crippen LogP contribution in [0.5, 0.6) is 0 Å². The highest BCUT2D eigenvalue weighted by Gasteiger charge is 2.70. The lowest BCUT2D eigenvalue weighted by atomic mass is 9.33. The van der Waals surface area contributed by atoms with Gasteiger partial charge in [0.05, 0.1) is 16.8 Å². The Morgan fingerprint density at radius 1 is 0.891 bits per heavy atom. The summed E-state index contributed by atoms with van der Waals surface area (Å²) in [6, 6.07) is 7.64. The van der Waals surface area contributed by atoms with Crippen LogP contribution in [-0.2, 0) is 10.0 Å². The number of nitrogens with one attached hydrogen (secondary N) is 2. The molecule has 1 amide bonds. The SMILES string of the molecule is C=C(C)[C@@H]1CC[C@]2(NCCN3CCS(O)(O)CC3)CC[C@]3(C)[C@H](CC[C@@H]4[C@@]5(C)CC=C(c6ccc(C(=O)NS(=O)(=O)C7CC7)cc6)C(C)(C)[C@@H]5CC[C@]43C)[C@@H]12. The molecule has 8 rings (SSSR count). The number of benzene rings is 1. The molecule has 1 saturated heterocycles. The molecule has 0 bridgehead atoms. The number of carbonyl (C=O) groups excluding carboxylic acids is 1. The number of allylic oxidation sites excluding steroid dienone is 3. The van der Waals surface area contributed by atoms with Crippen LogP contribution < -0.4 is 10.0 Å². The number of carbonyl (C=O) groups is 1. The van der Waals surface area contributed by atoms with E-state index in [2.05, 4.69) is 69.1 Å². The largest absolute Gasteiger partial charge is 0.310 e. The minimum atomic E-state index is -3.59. The van der Waals surface area contributed by atoms with E-state index in [9.17, 15) is 22.3 Å². The van der Waals surface area contributed by atoms with Gasteiger partial charge >= 0.3 is 0 Å². The van der Waals surface area contributed by atoms with E-state index >= 15 is 0 Å². The van der Waals surface area contributed by atoms with Gasteiger partial charge in [-0.3, -0.25) is 18.8 Å². The third kappa shape index (κ3) is 6.54. The second-order valence-electron chi connectivity index (χ2n) is 20.6. The first-order valence-electron chi connectivity index (χ1n) is 21.5. The van der Waals surface area contributed by atoms with Crippen molar-refractivity contribution in [3.05, 3.63) is 53.6 Å². The van der Waals surface area contributed by atoms with E-state index < -0.39 is 31.8 Å². The summed E-state index contributed by atoms with van der Waals surface area (Å²) in [5.74, 6) is 3.50. The molecule has 0 unspecified atom stereocenters. The topological polar surface area (TPSA) is 119 Å². The van der Waals surface area contributed by atoms with Crippen molar-refractivity contribution in [2.24, 2.45) is 51.2 Å². The van der Waals surface area contributed by atoms with Crippen LogP contribution in [-0.4, -0.2) is 76.8 Å². The van der Waals surface area contributed by atoms with Crippen molar-refractivity contribution in [2.75, 3.05) is 37.7 Å². The van der Waals surface area contributed by atoms with Crippen LogP contribution in [0.15, 0.2) is 42.5 Å². The molecule has 1 aliphatic heterocycles. The van der Waals surface area contributed by atoms with E-state index in [0.717, 1.165) is 38.2 Å². The first-order valence-corrected chi connectivity index (χ1v) is 24.9. The Morgan fingerprint density at radius 2 is 1.58 bits per heavy atom. The van der Waals surface area contributed by atoms with Gasteiger partial charge in [-0.25, -0.2) is 13.1 Å². The number of nitrogens with zero attached hydrogens (tertiary/aromatic N) is 1. The molecule has 6 aliphatic carbocycles. The maximum Gasteiger partial charge on any atom is 0.264 e. The molecule has 55 heavy (non-hydrogen) atoms. The molecule has 0 spiro atoms. The Labute approximate surface area is 333 Å². The minimum absolute atomic E-state index is 0.0428. The Hall–Kier alpha value is -1.69. The van der Waals surface area contributed by atoms with Crippen LogP contribution >= 0.6 is 10.6 Å². The van der Waals surface area contributed by atoms with Crippen molar-refractivity contribution < 1.29 is 22.3 Å². The molecule has 1 heterocycles. The molecule has 1 aromatic carbocycles. The van der Waals surface area contributed by atoms with E-state index in [1.54, 1.807) is 12.1 Å². The number of amides is 1. The van der Waals surface area contributed by atoms with E-state index in [-0.39, 0.29) is 27.2 Å². The normalized spacial score (nSPS) is 41.5. The van der Waals surface area contributed by atoms with Gasteiger partial charge in [0, 0.05) is 37.3 Å². The summed E-state index contributed by atoms with van der Waals surface area (Å²) in [7, 11) is -5.96. The standard InChI is InChI=1S/C45H69N3O5S2/c1-30(2)34-16-21-45(46-24-25-48-26-28-54(50,51)29-27-48)23-22-43(6)36(39(34)45)14-15-38-42(5)19-17-35(41(3,4)37(42)18-20-44(38,43)7)31-8-10-32(11-9-31)40(49)47-55(52,53)33-12-13-33/h8-11,17,33-34,36-39,46,50-51H,1,12-16,18-29H2,2-7H3,(H,47,49)/t34-,36+,37-,38+,39+,42-,43+,44+,45-/m0/s1. The molecule has 10 heteroatoms. The lowest BCUT2D eigenvalue weighted by Gasteiger charge is -2.72. The molecule has 7 aliphatic rings. The zero-order valence-corrected chi connectivity index (χ0v) is 36.1. The average Bonchev–Trinajstić information content (AvgIpc) is 3.91. The third-order valence-electron chi connectivity index (χ3n) is 17.7. The molecule has 5 saturated carbocycles. The van der Waals surface area contributed by atoms with E-state index in [4.69, 9.17) is 0 Å². The predicted molar refractivity (Wildman–Crippen MR) is 226 cm³/mol. The maximum atomic E-state index is 12.9. The molecule has 1 aromatic rings. The molecule has 8 nitrogen and oxygen atoms in total. The van der Waals surface area contributed by atoms with Crippen molar-refractivity contribution >= 4 is 32.1 Å². The number of fused-ring (bicyclic) bond motifs is 7.